The second kappa shape index (κ2) is 4.16. The topological polar surface area (TPSA) is 65.2 Å². The van der Waals surface area contributed by atoms with Gasteiger partial charge < -0.3 is 10.5 Å². The summed E-state index contributed by atoms with van der Waals surface area (Å²) in [6.07, 6.45) is -2.48. The van der Waals surface area contributed by atoms with Crippen LogP contribution in [0.3, 0.4) is 0 Å². The van der Waals surface area contributed by atoms with Crippen molar-refractivity contribution in [2.24, 2.45) is 0 Å². The Morgan fingerprint density at radius 2 is 2.20 bits per heavy atom. The number of alkyl halides is 2. The van der Waals surface area contributed by atoms with Crippen LogP contribution in [0.1, 0.15) is 22.3 Å². The third-order valence-corrected chi connectivity index (χ3v) is 1.70. The van der Waals surface area contributed by atoms with Gasteiger partial charge in [-0.25, -0.2) is 22.9 Å². The van der Waals surface area contributed by atoms with Crippen molar-refractivity contribution in [3.05, 3.63) is 23.1 Å². The van der Waals surface area contributed by atoms with Crippen LogP contribution in [0.25, 0.3) is 0 Å². The Labute approximate surface area is 82.9 Å². The Morgan fingerprint density at radius 1 is 1.60 bits per heavy atom. The highest BCUT2D eigenvalue weighted by molar-refractivity contribution is 5.94. The molecule has 4 nitrogen and oxygen atoms in total. The summed E-state index contributed by atoms with van der Waals surface area (Å²) in [7, 11) is 0.982. The molecule has 0 radical (unpaired) electrons. The maximum Gasteiger partial charge on any atom is 0.344 e. The van der Waals surface area contributed by atoms with Gasteiger partial charge in [0.15, 0.2) is 5.82 Å². The molecule has 0 fully saturated rings. The first-order chi connectivity index (χ1) is 6.99. The van der Waals surface area contributed by atoms with E-state index in [0.29, 0.717) is 6.20 Å². The molecule has 82 valence electrons. The van der Waals surface area contributed by atoms with Gasteiger partial charge in [0.1, 0.15) is 11.4 Å². The standard InChI is InChI=1S/C8H7F3N2O2/c1-15-8(14)4-5(9)3(6(10)11)2-13-7(4)12/h2,6H,1H3,(H2,12,13). The molecule has 7 heteroatoms. The predicted octanol–water partition coefficient (Wildman–Crippen LogP) is 1.53. The molecule has 0 aliphatic carbocycles. The molecule has 15 heavy (non-hydrogen) atoms. The summed E-state index contributed by atoms with van der Waals surface area (Å²) in [6.45, 7) is 0. The van der Waals surface area contributed by atoms with E-state index in [-0.39, 0.29) is 0 Å². The molecule has 0 atom stereocenters. The van der Waals surface area contributed by atoms with Crippen molar-refractivity contribution in [1.82, 2.24) is 4.98 Å². The fourth-order valence-electron chi connectivity index (χ4n) is 0.965. The van der Waals surface area contributed by atoms with Gasteiger partial charge in [0.05, 0.1) is 12.7 Å². The maximum atomic E-state index is 13.3. The molecule has 0 amide bonds. The lowest BCUT2D eigenvalue weighted by atomic mass is 10.1. The number of ether oxygens (including phenoxy) is 1. The highest BCUT2D eigenvalue weighted by atomic mass is 19.3. The lowest BCUT2D eigenvalue weighted by molar-refractivity contribution is 0.0595. The quantitative estimate of drug-likeness (QED) is 0.767. The number of methoxy groups -OCH3 is 1. The van der Waals surface area contributed by atoms with Gasteiger partial charge >= 0.3 is 5.97 Å². The van der Waals surface area contributed by atoms with E-state index in [2.05, 4.69) is 9.72 Å². The van der Waals surface area contributed by atoms with E-state index >= 15 is 0 Å². The first-order valence-electron chi connectivity index (χ1n) is 3.79. The molecule has 1 rings (SSSR count). The molecular formula is C8H7F3N2O2. The number of nitrogens with two attached hydrogens (primary N) is 1. The number of aromatic nitrogens is 1. The largest absolute Gasteiger partial charge is 0.465 e. The van der Waals surface area contributed by atoms with E-state index in [4.69, 9.17) is 5.73 Å². The van der Waals surface area contributed by atoms with Gasteiger partial charge in [0.2, 0.25) is 0 Å². The van der Waals surface area contributed by atoms with Crippen LogP contribution in [-0.4, -0.2) is 18.1 Å². The Balaban J connectivity index is 3.36. The van der Waals surface area contributed by atoms with Crippen LogP contribution >= 0.6 is 0 Å². The Kier molecular flexibility index (Phi) is 3.13. The smallest absolute Gasteiger partial charge is 0.344 e. The number of pyridine rings is 1. The van der Waals surface area contributed by atoms with Gasteiger partial charge in [0, 0.05) is 6.20 Å². The lowest BCUT2D eigenvalue weighted by Gasteiger charge is -2.07. The summed E-state index contributed by atoms with van der Waals surface area (Å²) in [6, 6.07) is 0. The average Bonchev–Trinajstić information content (AvgIpc) is 2.16. The molecule has 1 aromatic heterocycles. The van der Waals surface area contributed by atoms with Crippen molar-refractivity contribution in [1.29, 1.82) is 0 Å². The zero-order chi connectivity index (χ0) is 11.6. The van der Waals surface area contributed by atoms with Crippen LogP contribution in [0.4, 0.5) is 19.0 Å². The number of nitrogen functional groups attached to an aromatic ring is 1. The fourth-order valence-corrected chi connectivity index (χ4v) is 0.965. The summed E-state index contributed by atoms with van der Waals surface area (Å²) >= 11 is 0. The van der Waals surface area contributed by atoms with Crippen LogP contribution in [0.2, 0.25) is 0 Å². The van der Waals surface area contributed by atoms with Crippen molar-refractivity contribution in [2.75, 3.05) is 12.8 Å². The molecule has 1 heterocycles. The van der Waals surface area contributed by atoms with Crippen molar-refractivity contribution in [2.45, 2.75) is 6.43 Å². The maximum absolute atomic E-state index is 13.3. The molecule has 0 spiro atoms. The van der Waals surface area contributed by atoms with E-state index < -0.39 is 35.2 Å². The van der Waals surface area contributed by atoms with Crippen LogP contribution in [-0.2, 0) is 4.74 Å². The molecule has 0 saturated heterocycles. The molecule has 2 N–H and O–H groups in total. The minimum absolute atomic E-state index is 0.483. The van der Waals surface area contributed by atoms with Crippen molar-refractivity contribution >= 4 is 11.8 Å². The number of hydrogen-bond donors (Lipinski definition) is 1. The summed E-state index contributed by atoms with van der Waals surface area (Å²) in [5, 5.41) is 0. The van der Waals surface area contributed by atoms with E-state index in [9.17, 15) is 18.0 Å². The van der Waals surface area contributed by atoms with Crippen molar-refractivity contribution in [3.8, 4) is 0 Å². The number of nitrogens with zero attached hydrogens (tertiary/aromatic N) is 1. The minimum Gasteiger partial charge on any atom is -0.465 e. The Hall–Kier alpha value is -1.79. The van der Waals surface area contributed by atoms with Gasteiger partial charge in [-0.15, -0.1) is 0 Å². The number of esters is 1. The molecule has 0 aliphatic rings. The second-order valence-electron chi connectivity index (χ2n) is 2.58. The van der Waals surface area contributed by atoms with Gasteiger partial charge in [-0.1, -0.05) is 0 Å². The molecular weight excluding hydrogens is 213 g/mol. The molecule has 0 aliphatic heterocycles. The number of halogens is 3. The number of hydrogen-bond acceptors (Lipinski definition) is 4. The van der Waals surface area contributed by atoms with Crippen LogP contribution < -0.4 is 5.73 Å². The third-order valence-electron chi connectivity index (χ3n) is 1.70. The summed E-state index contributed by atoms with van der Waals surface area (Å²) < 4.78 is 42.0. The Bertz CT molecular complexity index is 396. The highest BCUT2D eigenvalue weighted by Crippen LogP contribution is 2.26. The first-order valence-corrected chi connectivity index (χ1v) is 3.79. The van der Waals surface area contributed by atoms with E-state index in [0.717, 1.165) is 7.11 Å². The predicted molar refractivity (Wildman–Crippen MR) is 44.9 cm³/mol. The second-order valence-corrected chi connectivity index (χ2v) is 2.58. The minimum atomic E-state index is -3.07. The zero-order valence-electron chi connectivity index (χ0n) is 7.63. The van der Waals surface area contributed by atoms with Gasteiger partial charge in [-0.2, -0.15) is 0 Å². The lowest BCUT2D eigenvalue weighted by Crippen LogP contribution is -2.12. The van der Waals surface area contributed by atoms with Crippen molar-refractivity contribution < 1.29 is 22.7 Å². The van der Waals surface area contributed by atoms with Crippen LogP contribution in [0, 0.1) is 5.82 Å². The monoisotopic (exact) mass is 220 g/mol. The van der Waals surface area contributed by atoms with Crippen LogP contribution in [0.15, 0.2) is 6.20 Å². The molecule has 0 aromatic carbocycles. The Morgan fingerprint density at radius 3 is 2.67 bits per heavy atom. The summed E-state index contributed by atoms with van der Waals surface area (Å²) in [5.41, 5.74) is 3.42. The van der Waals surface area contributed by atoms with Gasteiger partial charge in [0.25, 0.3) is 6.43 Å². The van der Waals surface area contributed by atoms with E-state index in [1.807, 2.05) is 0 Å². The number of carbonyl (C=O) groups excluding carboxylic acids is 1. The first kappa shape index (κ1) is 11.3. The molecule has 0 unspecified atom stereocenters. The summed E-state index contributed by atoms with van der Waals surface area (Å²) in [5.74, 6) is -3.02. The number of carbonyl (C=O) groups is 1. The summed E-state index contributed by atoms with van der Waals surface area (Å²) in [4.78, 5) is 14.3. The SMILES string of the molecule is COC(=O)c1c(N)ncc(C(F)F)c1F. The zero-order valence-corrected chi connectivity index (χ0v) is 7.63. The number of rotatable bonds is 2. The van der Waals surface area contributed by atoms with E-state index in [1.165, 1.54) is 0 Å². The molecule has 0 saturated carbocycles. The number of anilines is 1. The van der Waals surface area contributed by atoms with Crippen LogP contribution in [0.5, 0.6) is 0 Å². The van der Waals surface area contributed by atoms with E-state index in [1.54, 1.807) is 0 Å². The average molecular weight is 220 g/mol. The van der Waals surface area contributed by atoms with Crippen molar-refractivity contribution in [3.63, 3.8) is 0 Å². The fraction of sp³-hybridized carbons (Fsp3) is 0.250. The van der Waals surface area contributed by atoms with Gasteiger partial charge in [-0.05, 0) is 0 Å². The highest BCUT2D eigenvalue weighted by Gasteiger charge is 2.24. The molecule has 0 bridgehead atoms. The van der Waals surface area contributed by atoms with Gasteiger partial charge in [-0.3, -0.25) is 0 Å². The third kappa shape index (κ3) is 2.00. The molecule has 1 aromatic rings. The normalized spacial score (nSPS) is 10.5.